The van der Waals surface area contributed by atoms with Crippen molar-refractivity contribution in [3.05, 3.63) is 24.5 Å². The fourth-order valence-electron chi connectivity index (χ4n) is 3.22. The standard InChI is InChI=1S/C16H22F2N4O.ClH/c17-16(18)9-14(21-11-16)15(23)20-10-12-3-7-22(8-4-12)13-1-5-19-6-2-13;/h1-2,5-6,12,14,21H,3-4,7-11H2,(H,20,23);1H. The molecule has 1 amide bonds. The molecule has 0 aliphatic carbocycles. The monoisotopic (exact) mass is 360 g/mol. The number of nitrogens with one attached hydrogen (secondary N) is 2. The molecule has 2 saturated heterocycles. The maximum Gasteiger partial charge on any atom is 0.262 e. The van der Waals surface area contributed by atoms with E-state index in [9.17, 15) is 13.6 Å². The molecule has 0 radical (unpaired) electrons. The molecular weight excluding hydrogens is 338 g/mol. The number of rotatable bonds is 4. The third kappa shape index (κ3) is 4.77. The molecule has 8 heteroatoms. The highest BCUT2D eigenvalue weighted by atomic mass is 35.5. The summed E-state index contributed by atoms with van der Waals surface area (Å²) in [5, 5.41) is 5.41. The van der Waals surface area contributed by atoms with E-state index in [4.69, 9.17) is 0 Å². The fraction of sp³-hybridized carbons (Fsp3) is 0.625. The van der Waals surface area contributed by atoms with E-state index < -0.39 is 24.9 Å². The Hall–Kier alpha value is -1.47. The molecule has 1 aromatic heterocycles. The second-order valence-electron chi connectivity index (χ2n) is 6.37. The number of hydrogen-bond donors (Lipinski definition) is 2. The Morgan fingerprint density at radius 1 is 1.33 bits per heavy atom. The lowest BCUT2D eigenvalue weighted by Crippen LogP contribution is -2.44. The van der Waals surface area contributed by atoms with E-state index >= 15 is 0 Å². The first-order chi connectivity index (χ1) is 11.0. The maximum atomic E-state index is 13.1. The van der Waals surface area contributed by atoms with Gasteiger partial charge in [-0.3, -0.25) is 15.1 Å². The number of nitrogens with zero attached hydrogens (tertiary/aromatic N) is 2. The van der Waals surface area contributed by atoms with Gasteiger partial charge in [0.2, 0.25) is 5.91 Å². The van der Waals surface area contributed by atoms with Crippen LogP contribution in [0.15, 0.2) is 24.5 Å². The minimum absolute atomic E-state index is 0. The van der Waals surface area contributed by atoms with E-state index in [1.807, 2.05) is 12.1 Å². The first-order valence-electron chi connectivity index (χ1n) is 8.07. The summed E-state index contributed by atoms with van der Waals surface area (Å²) >= 11 is 0. The number of halogens is 3. The topological polar surface area (TPSA) is 57.3 Å². The van der Waals surface area contributed by atoms with Gasteiger partial charge < -0.3 is 10.2 Å². The van der Waals surface area contributed by atoms with Crippen molar-refractivity contribution in [2.75, 3.05) is 31.1 Å². The summed E-state index contributed by atoms with van der Waals surface area (Å²) < 4.78 is 26.2. The highest BCUT2D eigenvalue weighted by Gasteiger charge is 2.42. The maximum absolute atomic E-state index is 13.1. The van der Waals surface area contributed by atoms with Crippen LogP contribution in [0.4, 0.5) is 14.5 Å². The van der Waals surface area contributed by atoms with Gasteiger partial charge in [0, 0.05) is 44.1 Å². The number of aromatic nitrogens is 1. The zero-order valence-corrected chi connectivity index (χ0v) is 14.2. The number of carbonyl (C=O) groups excluding carboxylic acids is 1. The lowest BCUT2D eigenvalue weighted by Gasteiger charge is -2.33. The van der Waals surface area contributed by atoms with E-state index in [2.05, 4.69) is 20.5 Å². The van der Waals surface area contributed by atoms with Gasteiger partial charge in [0.25, 0.3) is 5.92 Å². The Kier molecular flexibility index (Phi) is 6.34. The van der Waals surface area contributed by atoms with Crippen LogP contribution < -0.4 is 15.5 Å². The molecule has 1 aromatic rings. The smallest absolute Gasteiger partial charge is 0.262 e. The third-order valence-corrected chi connectivity index (χ3v) is 4.63. The molecule has 2 aliphatic heterocycles. The Bertz CT molecular complexity index is 538. The fourth-order valence-corrected chi connectivity index (χ4v) is 3.22. The predicted octanol–water partition coefficient (Wildman–Crippen LogP) is 1.83. The number of piperidine rings is 1. The van der Waals surface area contributed by atoms with Crippen LogP contribution >= 0.6 is 12.4 Å². The van der Waals surface area contributed by atoms with Crippen molar-refractivity contribution in [2.45, 2.75) is 31.2 Å². The summed E-state index contributed by atoms with van der Waals surface area (Å²) in [6.45, 7) is 2.02. The SMILES string of the molecule is Cl.O=C(NCC1CCN(c2ccncc2)CC1)C1CC(F)(F)CN1. The summed E-state index contributed by atoms with van der Waals surface area (Å²) in [5.41, 5.74) is 1.17. The van der Waals surface area contributed by atoms with Crippen LogP contribution in [0.1, 0.15) is 19.3 Å². The molecule has 3 rings (SSSR count). The number of anilines is 1. The minimum atomic E-state index is -2.77. The Balaban J connectivity index is 0.00000208. The summed E-state index contributed by atoms with van der Waals surface area (Å²) in [4.78, 5) is 18.3. The van der Waals surface area contributed by atoms with Gasteiger partial charge in [-0.25, -0.2) is 8.78 Å². The van der Waals surface area contributed by atoms with E-state index in [0.29, 0.717) is 12.5 Å². The highest BCUT2D eigenvalue weighted by Crippen LogP contribution is 2.25. The first-order valence-corrected chi connectivity index (χ1v) is 8.07. The Morgan fingerprint density at radius 2 is 2.00 bits per heavy atom. The molecule has 1 unspecified atom stereocenters. The normalized spacial score (nSPS) is 23.6. The van der Waals surface area contributed by atoms with Gasteiger partial charge in [-0.05, 0) is 30.9 Å². The van der Waals surface area contributed by atoms with Crippen molar-refractivity contribution in [2.24, 2.45) is 5.92 Å². The molecular formula is C16H23ClF2N4O. The van der Waals surface area contributed by atoms with Crippen LogP contribution in [-0.4, -0.2) is 49.0 Å². The Morgan fingerprint density at radius 3 is 2.58 bits per heavy atom. The summed E-state index contributed by atoms with van der Waals surface area (Å²) in [5.74, 6) is -2.67. The second kappa shape index (κ2) is 8.07. The van der Waals surface area contributed by atoms with Crippen LogP contribution in [0.5, 0.6) is 0 Å². The van der Waals surface area contributed by atoms with Crippen molar-refractivity contribution >= 4 is 24.0 Å². The van der Waals surface area contributed by atoms with E-state index in [1.165, 1.54) is 5.69 Å². The lowest BCUT2D eigenvalue weighted by atomic mass is 9.96. The molecule has 0 saturated carbocycles. The average molecular weight is 361 g/mol. The van der Waals surface area contributed by atoms with Gasteiger partial charge in [0.1, 0.15) is 0 Å². The molecule has 2 fully saturated rings. The highest BCUT2D eigenvalue weighted by molar-refractivity contribution is 5.85. The van der Waals surface area contributed by atoms with Gasteiger partial charge >= 0.3 is 0 Å². The average Bonchev–Trinajstić information content (AvgIpc) is 2.94. The van der Waals surface area contributed by atoms with Gasteiger partial charge in [-0.1, -0.05) is 0 Å². The van der Waals surface area contributed by atoms with Crippen molar-refractivity contribution in [3.63, 3.8) is 0 Å². The number of carbonyl (C=O) groups is 1. The number of pyridine rings is 1. The van der Waals surface area contributed by atoms with Crippen LogP contribution in [-0.2, 0) is 4.79 Å². The first kappa shape index (κ1) is 18.9. The molecule has 24 heavy (non-hydrogen) atoms. The lowest BCUT2D eigenvalue weighted by molar-refractivity contribution is -0.123. The molecule has 0 aromatic carbocycles. The number of hydrogen-bond acceptors (Lipinski definition) is 4. The molecule has 5 nitrogen and oxygen atoms in total. The van der Waals surface area contributed by atoms with Crippen LogP contribution in [0.3, 0.4) is 0 Å². The van der Waals surface area contributed by atoms with Gasteiger partial charge in [0.15, 0.2) is 0 Å². The molecule has 1 atom stereocenters. The van der Waals surface area contributed by atoms with Crippen LogP contribution in [0, 0.1) is 5.92 Å². The minimum Gasteiger partial charge on any atom is -0.371 e. The summed E-state index contributed by atoms with van der Waals surface area (Å²) in [6.07, 6.45) is 5.13. The third-order valence-electron chi connectivity index (χ3n) is 4.63. The molecule has 2 aliphatic rings. The van der Waals surface area contributed by atoms with Crippen molar-refractivity contribution in [3.8, 4) is 0 Å². The van der Waals surface area contributed by atoms with Crippen LogP contribution in [0.25, 0.3) is 0 Å². The van der Waals surface area contributed by atoms with Crippen molar-refractivity contribution < 1.29 is 13.6 Å². The molecule has 3 heterocycles. The van der Waals surface area contributed by atoms with Gasteiger partial charge in [-0.2, -0.15) is 0 Å². The summed E-state index contributed by atoms with van der Waals surface area (Å²) in [6, 6.07) is 3.23. The summed E-state index contributed by atoms with van der Waals surface area (Å²) in [7, 11) is 0. The number of amides is 1. The molecule has 134 valence electrons. The van der Waals surface area contributed by atoms with Crippen LogP contribution in [0.2, 0.25) is 0 Å². The number of alkyl halides is 2. The molecule has 2 N–H and O–H groups in total. The molecule has 0 spiro atoms. The second-order valence-corrected chi connectivity index (χ2v) is 6.37. The predicted molar refractivity (Wildman–Crippen MR) is 90.8 cm³/mol. The van der Waals surface area contributed by atoms with E-state index in [0.717, 1.165) is 25.9 Å². The zero-order chi connectivity index (χ0) is 16.3. The van der Waals surface area contributed by atoms with E-state index in [1.54, 1.807) is 12.4 Å². The quantitative estimate of drug-likeness (QED) is 0.860. The largest absolute Gasteiger partial charge is 0.371 e. The Labute approximate surface area is 146 Å². The van der Waals surface area contributed by atoms with Crippen molar-refractivity contribution in [1.82, 2.24) is 15.6 Å². The van der Waals surface area contributed by atoms with Gasteiger partial charge in [-0.15, -0.1) is 12.4 Å². The van der Waals surface area contributed by atoms with Gasteiger partial charge in [0.05, 0.1) is 12.6 Å². The molecule has 0 bridgehead atoms. The zero-order valence-electron chi connectivity index (χ0n) is 13.4. The van der Waals surface area contributed by atoms with Crippen molar-refractivity contribution in [1.29, 1.82) is 0 Å². The van der Waals surface area contributed by atoms with E-state index in [-0.39, 0.29) is 18.3 Å².